The standard InChI is InChI=1S/C17H27BrN2O/c1-2-20(17-6-4-3-5-14(17)13-19)11-12-21-16-9-7-15(18)8-10-16/h7-10,14,17H,2-6,11-13,19H2,1H3. The number of nitrogens with two attached hydrogens (primary N) is 1. The molecule has 1 aliphatic rings. The summed E-state index contributed by atoms with van der Waals surface area (Å²) in [6.07, 6.45) is 5.25. The van der Waals surface area contributed by atoms with E-state index in [9.17, 15) is 0 Å². The molecule has 1 saturated carbocycles. The molecule has 0 radical (unpaired) electrons. The minimum atomic E-state index is 0.641. The summed E-state index contributed by atoms with van der Waals surface area (Å²) in [5.41, 5.74) is 5.96. The van der Waals surface area contributed by atoms with E-state index in [2.05, 4.69) is 27.8 Å². The third-order valence-electron chi connectivity index (χ3n) is 4.51. The van der Waals surface area contributed by atoms with Crippen LogP contribution in [-0.4, -0.2) is 37.2 Å². The number of likely N-dealkylation sites (N-methyl/N-ethyl adjacent to an activating group) is 1. The molecule has 0 spiro atoms. The van der Waals surface area contributed by atoms with Crippen molar-refractivity contribution in [1.82, 2.24) is 4.90 Å². The molecular weight excluding hydrogens is 328 g/mol. The van der Waals surface area contributed by atoms with Crippen LogP contribution in [0.1, 0.15) is 32.6 Å². The summed E-state index contributed by atoms with van der Waals surface area (Å²) in [5.74, 6) is 1.60. The zero-order valence-corrected chi connectivity index (χ0v) is 14.5. The zero-order valence-electron chi connectivity index (χ0n) is 12.9. The quantitative estimate of drug-likeness (QED) is 0.811. The van der Waals surface area contributed by atoms with E-state index >= 15 is 0 Å². The Morgan fingerprint density at radius 1 is 1.24 bits per heavy atom. The Morgan fingerprint density at radius 3 is 2.62 bits per heavy atom. The highest BCUT2D eigenvalue weighted by molar-refractivity contribution is 9.10. The topological polar surface area (TPSA) is 38.5 Å². The molecule has 1 aromatic rings. The summed E-state index contributed by atoms with van der Waals surface area (Å²) in [6.45, 7) is 5.85. The Kier molecular flexibility index (Phi) is 7.00. The number of benzene rings is 1. The van der Waals surface area contributed by atoms with E-state index in [1.54, 1.807) is 0 Å². The Bertz CT molecular complexity index is 410. The molecule has 118 valence electrons. The van der Waals surface area contributed by atoms with Crippen LogP contribution in [0.3, 0.4) is 0 Å². The Hall–Kier alpha value is -0.580. The molecule has 2 atom stereocenters. The maximum Gasteiger partial charge on any atom is 0.119 e. The van der Waals surface area contributed by atoms with Crippen LogP contribution in [0.4, 0.5) is 0 Å². The third kappa shape index (κ3) is 4.97. The van der Waals surface area contributed by atoms with Gasteiger partial charge in [-0.05, 0) is 56.1 Å². The molecule has 2 rings (SSSR count). The minimum Gasteiger partial charge on any atom is -0.492 e. The van der Waals surface area contributed by atoms with Gasteiger partial charge in [0.05, 0.1) is 0 Å². The Balaban J connectivity index is 1.82. The fourth-order valence-corrected chi connectivity index (χ4v) is 3.58. The summed E-state index contributed by atoms with van der Waals surface area (Å²) in [7, 11) is 0. The van der Waals surface area contributed by atoms with Crippen molar-refractivity contribution in [1.29, 1.82) is 0 Å². The highest BCUT2D eigenvalue weighted by atomic mass is 79.9. The summed E-state index contributed by atoms with van der Waals surface area (Å²) in [6, 6.07) is 8.67. The molecule has 2 unspecified atom stereocenters. The number of ether oxygens (including phenoxy) is 1. The van der Waals surface area contributed by atoms with Crippen LogP contribution in [0.5, 0.6) is 5.75 Å². The van der Waals surface area contributed by atoms with Crippen LogP contribution in [0.25, 0.3) is 0 Å². The molecular formula is C17H27BrN2O. The molecule has 1 aromatic carbocycles. The highest BCUT2D eigenvalue weighted by Crippen LogP contribution is 2.27. The van der Waals surface area contributed by atoms with Gasteiger partial charge in [0.15, 0.2) is 0 Å². The van der Waals surface area contributed by atoms with E-state index in [-0.39, 0.29) is 0 Å². The molecule has 4 heteroatoms. The molecule has 21 heavy (non-hydrogen) atoms. The van der Waals surface area contributed by atoms with Crippen molar-refractivity contribution in [3.63, 3.8) is 0 Å². The number of hydrogen-bond acceptors (Lipinski definition) is 3. The van der Waals surface area contributed by atoms with Crippen molar-refractivity contribution in [2.75, 3.05) is 26.2 Å². The number of hydrogen-bond donors (Lipinski definition) is 1. The lowest BCUT2D eigenvalue weighted by molar-refractivity contribution is 0.0958. The molecule has 3 nitrogen and oxygen atoms in total. The van der Waals surface area contributed by atoms with Crippen molar-refractivity contribution in [2.45, 2.75) is 38.6 Å². The normalized spacial score (nSPS) is 22.5. The van der Waals surface area contributed by atoms with Gasteiger partial charge in [0.25, 0.3) is 0 Å². The van der Waals surface area contributed by atoms with E-state index in [0.717, 1.165) is 36.5 Å². The second-order valence-electron chi connectivity index (χ2n) is 5.78. The summed E-state index contributed by atoms with van der Waals surface area (Å²) >= 11 is 3.44. The molecule has 0 aromatic heterocycles. The van der Waals surface area contributed by atoms with Gasteiger partial charge in [0, 0.05) is 17.1 Å². The summed E-state index contributed by atoms with van der Waals surface area (Å²) < 4.78 is 6.94. The van der Waals surface area contributed by atoms with Crippen molar-refractivity contribution in [2.24, 2.45) is 11.7 Å². The average molecular weight is 355 g/mol. The number of halogens is 1. The first-order valence-electron chi connectivity index (χ1n) is 8.07. The Morgan fingerprint density at radius 2 is 1.95 bits per heavy atom. The molecule has 0 heterocycles. The highest BCUT2D eigenvalue weighted by Gasteiger charge is 2.28. The van der Waals surface area contributed by atoms with E-state index in [0.29, 0.717) is 12.0 Å². The van der Waals surface area contributed by atoms with Crippen molar-refractivity contribution >= 4 is 15.9 Å². The van der Waals surface area contributed by atoms with Gasteiger partial charge in [-0.15, -0.1) is 0 Å². The van der Waals surface area contributed by atoms with Gasteiger partial charge in [-0.1, -0.05) is 35.7 Å². The fraction of sp³-hybridized carbons (Fsp3) is 0.647. The van der Waals surface area contributed by atoms with E-state index in [1.165, 1.54) is 25.7 Å². The smallest absolute Gasteiger partial charge is 0.119 e. The van der Waals surface area contributed by atoms with Gasteiger partial charge in [0.2, 0.25) is 0 Å². The second kappa shape index (κ2) is 8.76. The first-order chi connectivity index (χ1) is 10.2. The van der Waals surface area contributed by atoms with Crippen molar-refractivity contribution < 1.29 is 4.74 Å². The summed E-state index contributed by atoms with van der Waals surface area (Å²) in [4.78, 5) is 2.55. The molecule has 1 aliphatic carbocycles. The lowest BCUT2D eigenvalue weighted by Gasteiger charge is -2.39. The maximum atomic E-state index is 5.96. The molecule has 0 bridgehead atoms. The van der Waals surface area contributed by atoms with Crippen LogP contribution in [0.2, 0.25) is 0 Å². The largest absolute Gasteiger partial charge is 0.492 e. The fourth-order valence-electron chi connectivity index (χ4n) is 3.31. The maximum absolute atomic E-state index is 5.96. The number of rotatable bonds is 7. The second-order valence-corrected chi connectivity index (χ2v) is 6.69. The predicted molar refractivity (Wildman–Crippen MR) is 91.7 cm³/mol. The van der Waals surface area contributed by atoms with Crippen LogP contribution < -0.4 is 10.5 Å². The van der Waals surface area contributed by atoms with Gasteiger partial charge in [-0.25, -0.2) is 0 Å². The van der Waals surface area contributed by atoms with Crippen LogP contribution in [-0.2, 0) is 0 Å². The van der Waals surface area contributed by atoms with Crippen molar-refractivity contribution in [3.05, 3.63) is 28.7 Å². The average Bonchev–Trinajstić information content (AvgIpc) is 2.53. The zero-order chi connectivity index (χ0) is 15.1. The number of nitrogens with zero attached hydrogens (tertiary/aromatic N) is 1. The first kappa shape index (κ1) is 16.8. The molecule has 2 N–H and O–H groups in total. The van der Waals surface area contributed by atoms with Gasteiger partial charge in [0.1, 0.15) is 12.4 Å². The van der Waals surface area contributed by atoms with Gasteiger partial charge < -0.3 is 10.5 Å². The molecule has 1 fully saturated rings. The van der Waals surface area contributed by atoms with Crippen LogP contribution >= 0.6 is 15.9 Å². The van der Waals surface area contributed by atoms with Gasteiger partial charge in [-0.3, -0.25) is 4.90 Å². The SMILES string of the molecule is CCN(CCOc1ccc(Br)cc1)C1CCCCC1CN. The van der Waals surface area contributed by atoms with E-state index in [1.807, 2.05) is 24.3 Å². The first-order valence-corrected chi connectivity index (χ1v) is 8.86. The lowest BCUT2D eigenvalue weighted by atomic mass is 9.83. The van der Waals surface area contributed by atoms with E-state index in [4.69, 9.17) is 10.5 Å². The Labute approximate surface area is 137 Å². The third-order valence-corrected chi connectivity index (χ3v) is 5.04. The van der Waals surface area contributed by atoms with Crippen LogP contribution in [0.15, 0.2) is 28.7 Å². The molecule has 0 amide bonds. The van der Waals surface area contributed by atoms with E-state index < -0.39 is 0 Å². The lowest BCUT2D eigenvalue weighted by Crippen LogP contribution is -2.46. The molecule has 0 saturated heterocycles. The molecule has 0 aliphatic heterocycles. The van der Waals surface area contributed by atoms with Crippen molar-refractivity contribution in [3.8, 4) is 5.75 Å². The van der Waals surface area contributed by atoms with Crippen LogP contribution in [0, 0.1) is 5.92 Å². The predicted octanol–water partition coefficient (Wildman–Crippen LogP) is 3.67. The summed E-state index contributed by atoms with van der Waals surface area (Å²) in [5, 5.41) is 0. The monoisotopic (exact) mass is 354 g/mol. The van der Waals surface area contributed by atoms with Gasteiger partial charge >= 0.3 is 0 Å². The minimum absolute atomic E-state index is 0.641. The van der Waals surface area contributed by atoms with Gasteiger partial charge in [-0.2, -0.15) is 0 Å².